The fourth-order valence-electron chi connectivity index (χ4n) is 6.48. The number of aromatic nitrogens is 2. The van der Waals surface area contributed by atoms with Gasteiger partial charge >= 0.3 is 18.2 Å². The summed E-state index contributed by atoms with van der Waals surface area (Å²) in [4.78, 5) is 47.1. The van der Waals surface area contributed by atoms with E-state index in [2.05, 4.69) is 9.88 Å². The molecule has 5 rings (SSSR count). The molecular weight excluding hydrogens is 635 g/mol. The maximum absolute atomic E-state index is 13.9. The van der Waals surface area contributed by atoms with Crippen LogP contribution >= 0.6 is 0 Å². The number of aryl methyl sites for hydroxylation is 1. The van der Waals surface area contributed by atoms with Gasteiger partial charge in [-0.15, -0.1) is 0 Å². The Bertz CT molecular complexity index is 1470. The van der Waals surface area contributed by atoms with E-state index in [1.165, 1.54) is 4.90 Å². The SMILES string of the molecule is CC(C)(C)OC(=O)N1CCCn2cc(CCOc3ccc4c(c3)C(CCN3CCOCC3)N(CC(F)(F)F)C(=O)[C@H](CC(=O)O)C4)nc21. The van der Waals surface area contributed by atoms with Crippen LogP contribution in [0, 0.1) is 5.92 Å². The summed E-state index contributed by atoms with van der Waals surface area (Å²) >= 11 is 0. The molecule has 1 N–H and O–H groups in total. The minimum absolute atomic E-state index is 0.0114. The molecule has 15 heteroatoms. The lowest BCUT2D eigenvalue weighted by molar-refractivity contribution is -0.169. The van der Waals surface area contributed by atoms with Gasteiger partial charge in [0.25, 0.3) is 0 Å². The number of fused-ring (bicyclic) bond motifs is 2. The van der Waals surface area contributed by atoms with Gasteiger partial charge < -0.3 is 28.8 Å². The van der Waals surface area contributed by atoms with Crippen LogP contribution in [0.15, 0.2) is 24.4 Å². The summed E-state index contributed by atoms with van der Waals surface area (Å²) in [5, 5.41) is 9.49. The van der Waals surface area contributed by atoms with E-state index in [9.17, 15) is 32.7 Å². The molecule has 1 saturated heterocycles. The standard InChI is InChI=1S/C33H44F3N5O7/c1-32(2,3)48-31(45)40-10-4-9-39-20-24(37-30(39)40)8-14-47-25-6-5-22-17-23(18-28(42)43)29(44)41(21-33(34,35)36)27(26(22)19-25)7-11-38-12-15-46-16-13-38/h5-6,19-20,23,27H,4,7-18,21H2,1-3H3,(H,42,43)/t23-,27?/m0/s1. The van der Waals surface area contributed by atoms with Crippen molar-refractivity contribution in [1.82, 2.24) is 19.4 Å². The summed E-state index contributed by atoms with van der Waals surface area (Å²) in [6.07, 6.45) is -2.45. The topological polar surface area (TPSA) is 127 Å². The molecule has 3 aliphatic heterocycles. The normalized spacial score (nSPS) is 20.6. The second kappa shape index (κ2) is 14.7. The predicted molar refractivity (Wildman–Crippen MR) is 168 cm³/mol. The van der Waals surface area contributed by atoms with Crippen LogP contribution in [0.3, 0.4) is 0 Å². The summed E-state index contributed by atoms with van der Waals surface area (Å²) in [5.41, 5.74) is 1.21. The van der Waals surface area contributed by atoms with E-state index in [0.717, 1.165) is 11.3 Å². The van der Waals surface area contributed by atoms with Gasteiger partial charge in [-0.3, -0.25) is 14.5 Å². The van der Waals surface area contributed by atoms with Gasteiger partial charge in [-0.2, -0.15) is 13.2 Å². The average Bonchev–Trinajstić information content (AvgIpc) is 3.39. The van der Waals surface area contributed by atoms with Gasteiger partial charge in [0.05, 0.1) is 43.9 Å². The molecule has 2 amide bonds. The average molecular weight is 680 g/mol. The number of nitrogens with zero attached hydrogens (tertiary/aromatic N) is 5. The Morgan fingerprint density at radius 1 is 1.10 bits per heavy atom. The Kier molecular flexibility index (Phi) is 10.9. The number of anilines is 1. The molecular formula is C33H44F3N5O7. The minimum Gasteiger partial charge on any atom is -0.493 e. The van der Waals surface area contributed by atoms with Gasteiger partial charge in [0.2, 0.25) is 11.9 Å². The number of amides is 2. The molecule has 0 saturated carbocycles. The van der Waals surface area contributed by atoms with Gasteiger partial charge in [0, 0.05) is 45.3 Å². The van der Waals surface area contributed by atoms with Crippen LogP contribution in [-0.2, 0) is 38.4 Å². The van der Waals surface area contributed by atoms with E-state index in [0.29, 0.717) is 80.9 Å². The lowest BCUT2D eigenvalue weighted by Crippen LogP contribution is -2.45. The van der Waals surface area contributed by atoms with Gasteiger partial charge in [0.1, 0.15) is 17.9 Å². The number of carbonyl (C=O) groups is 3. The number of benzene rings is 1. The first-order chi connectivity index (χ1) is 22.7. The summed E-state index contributed by atoms with van der Waals surface area (Å²) in [5.74, 6) is -2.27. The smallest absolute Gasteiger partial charge is 0.417 e. The van der Waals surface area contributed by atoms with Crippen molar-refractivity contribution in [3.63, 3.8) is 0 Å². The molecule has 3 aliphatic rings. The number of imidazole rings is 1. The van der Waals surface area contributed by atoms with Crippen molar-refractivity contribution >= 4 is 23.9 Å². The highest BCUT2D eigenvalue weighted by molar-refractivity contribution is 5.86. The fourth-order valence-corrected chi connectivity index (χ4v) is 6.48. The Labute approximate surface area is 277 Å². The summed E-state index contributed by atoms with van der Waals surface area (Å²) in [7, 11) is 0. The van der Waals surface area contributed by atoms with Gasteiger partial charge in [0.15, 0.2) is 0 Å². The first-order valence-corrected chi connectivity index (χ1v) is 16.4. The highest BCUT2D eigenvalue weighted by atomic mass is 19.4. The molecule has 12 nitrogen and oxygen atoms in total. The molecule has 1 fully saturated rings. The minimum atomic E-state index is -4.68. The third-order valence-corrected chi connectivity index (χ3v) is 8.61. The maximum Gasteiger partial charge on any atom is 0.417 e. The number of morpholine rings is 1. The molecule has 0 radical (unpaired) electrons. The van der Waals surface area contributed by atoms with Crippen LogP contribution in [0.5, 0.6) is 5.75 Å². The number of hydrogen-bond acceptors (Lipinski definition) is 8. The van der Waals surface area contributed by atoms with Gasteiger partial charge in [-0.05, 0) is 63.3 Å². The van der Waals surface area contributed by atoms with E-state index < -0.39 is 54.7 Å². The maximum atomic E-state index is 13.9. The third kappa shape index (κ3) is 9.19. The first-order valence-electron chi connectivity index (χ1n) is 16.4. The van der Waals surface area contributed by atoms with Crippen molar-refractivity contribution in [3.05, 3.63) is 41.2 Å². The molecule has 0 bridgehead atoms. The molecule has 2 aromatic rings. The van der Waals surface area contributed by atoms with E-state index >= 15 is 0 Å². The van der Waals surface area contributed by atoms with Crippen molar-refractivity contribution < 1.29 is 46.9 Å². The van der Waals surface area contributed by atoms with E-state index in [-0.39, 0.29) is 19.4 Å². The number of carboxylic acid groups (broad SMARTS) is 1. The monoisotopic (exact) mass is 679 g/mol. The molecule has 1 aromatic carbocycles. The first kappa shape index (κ1) is 35.5. The zero-order valence-electron chi connectivity index (χ0n) is 27.6. The third-order valence-electron chi connectivity index (χ3n) is 8.61. The Hall–Kier alpha value is -3.85. The number of carboxylic acids is 1. The number of alkyl halides is 3. The number of ether oxygens (including phenoxy) is 3. The van der Waals surface area contributed by atoms with Crippen LogP contribution in [0.25, 0.3) is 0 Å². The van der Waals surface area contributed by atoms with Crippen LogP contribution in [0.2, 0.25) is 0 Å². The van der Waals surface area contributed by atoms with Gasteiger partial charge in [-0.25, -0.2) is 14.7 Å². The summed E-state index contributed by atoms with van der Waals surface area (Å²) in [6, 6.07) is 4.17. The Balaban J connectivity index is 1.35. The van der Waals surface area contributed by atoms with Gasteiger partial charge in [-0.1, -0.05) is 6.07 Å². The molecule has 1 aromatic heterocycles. The highest BCUT2D eigenvalue weighted by Crippen LogP contribution is 2.39. The lowest BCUT2D eigenvalue weighted by Gasteiger charge is -2.35. The molecule has 4 heterocycles. The summed E-state index contributed by atoms with van der Waals surface area (Å²) in [6.45, 7) is 8.06. The lowest BCUT2D eigenvalue weighted by atomic mass is 9.92. The number of rotatable bonds is 10. The van der Waals surface area contributed by atoms with Crippen LogP contribution < -0.4 is 9.64 Å². The van der Waals surface area contributed by atoms with Crippen molar-refractivity contribution in [2.75, 3.05) is 57.4 Å². The van der Waals surface area contributed by atoms with Crippen molar-refractivity contribution in [2.24, 2.45) is 5.92 Å². The van der Waals surface area contributed by atoms with E-state index in [1.807, 2.05) is 10.8 Å². The highest BCUT2D eigenvalue weighted by Gasteiger charge is 2.43. The van der Waals surface area contributed by atoms with E-state index in [4.69, 9.17) is 14.2 Å². The number of halogens is 3. The largest absolute Gasteiger partial charge is 0.493 e. The summed E-state index contributed by atoms with van der Waals surface area (Å²) < 4.78 is 60.7. The van der Waals surface area contributed by atoms with Crippen molar-refractivity contribution in [3.8, 4) is 5.75 Å². The van der Waals surface area contributed by atoms with Crippen LogP contribution in [0.4, 0.5) is 23.9 Å². The molecule has 0 aliphatic carbocycles. The van der Waals surface area contributed by atoms with Crippen LogP contribution in [-0.4, -0.2) is 107 Å². The molecule has 48 heavy (non-hydrogen) atoms. The van der Waals surface area contributed by atoms with E-state index in [1.54, 1.807) is 39.0 Å². The molecule has 264 valence electrons. The van der Waals surface area contributed by atoms with Crippen molar-refractivity contribution in [2.45, 2.75) is 77.2 Å². The Morgan fingerprint density at radius 2 is 1.85 bits per heavy atom. The molecule has 0 spiro atoms. The zero-order chi connectivity index (χ0) is 34.6. The van der Waals surface area contributed by atoms with Crippen LogP contribution in [0.1, 0.15) is 62.9 Å². The number of carbonyl (C=O) groups excluding carboxylic acids is 2. The number of hydrogen-bond donors (Lipinski definition) is 1. The Morgan fingerprint density at radius 3 is 2.54 bits per heavy atom. The second-order valence-electron chi connectivity index (χ2n) is 13.5. The van der Waals surface area contributed by atoms with Crippen molar-refractivity contribution in [1.29, 1.82) is 0 Å². The quantitative estimate of drug-likeness (QED) is 0.388. The molecule has 1 unspecified atom stereocenters. The number of aliphatic carboxylic acids is 1. The zero-order valence-corrected chi connectivity index (χ0v) is 27.6. The predicted octanol–water partition coefficient (Wildman–Crippen LogP) is 4.45. The fraction of sp³-hybridized carbons (Fsp3) is 0.636. The molecule has 2 atom stereocenters. The second-order valence-corrected chi connectivity index (χ2v) is 13.5.